The van der Waals surface area contributed by atoms with Crippen LogP contribution < -0.4 is 15.6 Å². The van der Waals surface area contributed by atoms with Crippen LogP contribution in [0.5, 0.6) is 5.75 Å². The molecule has 164 valence electrons. The summed E-state index contributed by atoms with van der Waals surface area (Å²) in [6.07, 6.45) is 0. The minimum atomic E-state index is -0.169. The molecule has 0 bridgehead atoms. The van der Waals surface area contributed by atoms with Crippen molar-refractivity contribution in [1.82, 2.24) is 14.9 Å². The average molecular weight is 449 g/mol. The van der Waals surface area contributed by atoms with Crippen LogP contribution in [0.15, 0.2) is 65.5 Å². The zero-order chi connectivity index (χ0) is 22.5. The van der Waals surface area contributed by atoms with Crippen LogP contribution in [0.25, 0.3) is 20.7 Å². The predicted octanol–water partition coefficient (Wildman–Crippen LogP) is 4.12. The zero-order valence-corrected chi connectivity index (χ0v) is 18.7. The van der Waals surface area contributed by atoms with Crippen molar-refractivity contribution in [1.29, 1.82) is 0 Å². The summed E-state index contributed by atoms with van der Waals surface area (Å²) in [6, 6.07) is 19.1. The lowest BCUT2D eigenvalue weighted by Gasteiger charge is -2.19. The van der Waals surface area contributed by atoms with Gasteiger partial charge in [-0.05, 0) is 30.3 Å². The number of para-hydroxylation sites is 2. The first kappa shape index (κ1) is 21.7. The molecular weight excluding hydrogens is 424 g/mol. The van der Waals surface area contributed by atoms with Gasteiger partial charge >= 0.3 is 0 Å². The molecule has 1 amide bonds. The summed E-state index contributed by atoms with van der Waals surface area (Å²) in [5.41, 5.74) is 1.51. The number of fused-ring (bicyclic) bond motifs is 1. The van der Waals surface area contributed by atoms with E-state index in [1.165, 1.54) is 11.3 Å². The minimum Gasteiger partial charge on any atom is -0.495 e. The second-order valence-corrected chi connectivity index (χ2v) is 8.29. The molecule has 32 heavy (non-hydrogen) atoms. The van der Waals surface area contributed by atoms with Gasteiger partial charge in [-0.15, -0.1) is 11.3 Å². The van der Waals surface area contributed by atoms with E-state index in [0.717, 1.165) is 10.4 Å². The second kappa shape index (κ2) is 9.76. The maximum atomic E-state index is 12.6. The molecule has 0 aliphatic rings. The van der Waals surface area contributed by atoms with Gasteiger partial charge in [0, 0.05) is 4.88 Å². The molecule has 0 atom stereocenters. The topological polar surface area (TPSA) is 87.3 Å². The summed E-state index contributed by atoms with van der Waals surface area (Å²) in [5.74, 6) is 0.977. The van der Waals surface area contributed by atoms with Gasteiger partial charge in [-0.25, -0.2) is 4.98 Å². The predicted molar refractivity (Wildman–Crippen MR) is 128 cm³/mol. The molecule has 4 aromatic rings. The maximum Gasteiger partial charge on any atom is 0.259 e. The van der Waals surface area contributed by atoms with E-state index in [-0.39, 0.29) is 18.0 Å². The van der Waals surface area contributed by atoms with Gasteiger partial charge in [0.05, 0.1) is 31.3 Å². The number of benzene rings is 2. The first-order valence-corrected chi connectivity index (χ1v) is 11.1. The molecule has 2 heterocycles. The van der Waals surface area contributed by atoms with E-state index in [1.54, 1.807) is 19.2 Å². The molecule has 8 heteroatoms. The number of hydrogen-bond donors (Lipinski definition) is 2. The van der Waals surface area contributed by atoms with Crippen molar-refractivity contribution >= 4 is 33.1 Å². The Bertz CT molecular complexity index is 1280. The average Bonchev–Trinajstić information content (AvgIpc) is 3.24. The van der Waals surface area contributed by atoms with Gasteiger partial charge in [0.2, 0.25) is 5.91 Å². The number of hydrogen-bond acceptors (Lipinski definition) is 6. The number of amides is 1. The van der Waals surface area contributed by atoms with Gasteiger partial charge in [0.1, 0.15) is 16.4 Å². The first-order valence-electron chi connectivity index (χ1n) is 10.3. The van der Waals surface area contributed by atoms with Crippen LogP contribution in [0, 0.1) is 0 Å². The molecule has 0 aliphatic heterocycles. The number of rotatable bonds is 8. The van der Waals surface area contributed by atoms with Crippen LogP contribution >= 0.6 is 11.3 Å². The molecule has 4 rings (SSSR count). The normalized spacial score (nSPS) is 11.1. The lowest BCUT2D eigenvalue weighted by Crippen LogP contribution is -2.33. The van der Waals surface area contributed by atoms with Gasteiger partial charge in [0.15, 0.2) is 0 Å². The van der Waals surface area contributed by atoms with Gasteiger partial charge < -0.3 is 15.0 Å². The van der Waals surface area contributed by atoms with Gasteiger partial charge in [0.25, 0.3) is 5.56 Å². The fourth-order valence-corrected chi connectivity index (χ4v) is 4.48. The highest BCUT2D eigenvalue weighted by Crippen LogP contribution is 2.30. The highest BCUT2D eigenvalue weighted by Gasteiger charge is 2.15. The number of nitrogens with one attached hydrogen (secondary N) is 2. The number of likely N-dealkylation sites (N-methyl/N-ethyl adjacent to an activating group) is 1. The van der Waals surface area contributed by atoms with Crippen LogP contribution in [0.4, 0.5) is 5.69 Å². The van der Waals surface area contributed by atoms with Crippen molar-refractivity contribution in [2.45, 2.75) is 13.5 Å². The quantitative estimate of drug-likeness (QED) is 0.423. The number of anilines is 1. The fourth-order valence-electron chi connectivity index (χ4n) is 3.43. The van der Waals surface area contributed by atoms with Crippen LogP contribution in [-0.4, -0.2) is 41.0 Å². The Morgan fingerprint density at radius 3 is 2.66 bits per heavy atom. The Hall–Kier alpha value is -3.49. The molecule has 2 aromatic carbocycles. The third-order valence-electron chi connectivity index (χ3n) is 5.08. The Morgan fingerprint density at radius 2 is 1.91 bits per heavy atom. The standard InChI is InChI=1S/C24H24N4O3S/c1-3-28(15-22(29)25-18-11-7-8-12-19(18)31-2)14-21-26-23(30)17-13-20(32-24(17)27-21)16-9-5-4-6-10-16/h4-13H,3,14-15H2,1-2H3,(H,25,29)(H,26,27,30). The fraction of sp³-hybridized carbons (Fsp3) is 0.208. The number of H-pyrrole nitrogens is 1. The summed E-state index contributed by atoms with van der Waals surface area (Å²) in [6.45, 7) is 3.11. The van der Waals surface area contributed by atoms with E-state index in [2.05, 4.69) is 15.3 Å². The molecule has 0 saturated heterocycles. The number of thiophene rings is 1. The van der Waals surface area contributed by atoms with Gasteiger partial charge in [-0.2, -0.15) is 0 Å². The van der Waals surface area contributed by atoms with Gasteiger partial charge in [-0.1, -0.05) is 49.4 Å². The second-order valence-electron chi connectivity index (χ2n) is 7.26. The third-order valence-corrected chi connectivity index (χ3v) is 6.16. The van der Waals surface area contributed by atoms with Crippen molar-refractivity contribution in [3.63, 3.8) is 0 Å². The molecule has 0 saturated carbocycles. The number of aromatic nitrogens is 2. The number of nitrogens with zero attached hydrogens (tertiary/aromatic N) is 2. The Balaban J connectivity index is 1.49. The maximum absolute atomic E-state index is 12.6. The summed E-state index contributed by atoms with van der Waals surface area (Å²) in [7, 11) is 1.56. The van der Waals surface area contributed by atoms with Crippen LogP contribution in [0.1, 0.15) is 12.7 Å². The van der Waals surface area contributed by atoms with Crippen molar-refractivity contribution in [3.8, 4) is 16.2 Å². The molecule has 2 N–H and O–H groups in total. The van der Waals surface area contributed by atoms with Crippen molar-refractivity contribution in [2.75, 3.05) is 25.5 Å². The highest BCUT2D eigenvalue weighted by molar-refractivity contribution is 7.21. The molecule has 0 unspecified atom stereocenters. The van der Waals surface area contributed by atoms with E-state index in [1.807, 2.05) is 60.4 Å². The lowest BCUT2D eigenvalue weighted by molar-refractivity contribution is -0.117. The number of ether oxygens (including phenoxy) is 1. The number of aromatic amines is 1. The summed E-state index contributed by atoms with van der Waals surface area (Å²) < 4.78 is 5.28. The van der Waals surface area contributed by atoms with Crippen LogP contribution in [0.3, 0.4) is 0 Å². The molecule has 0 fully saturated rings. The summed E-state index contributed by atoms with van der Waals surface area (Å²) in [4.78, 5) is 36.4. The Kier molecular flexibility index (Phi) is 6.63. The number of methoxy groups -OCH3 is 1. The van der Waals surface area contributed by atoms with Gasteiger partial charge in [-0.3, -0.25) is 14.5 Å². The van der Waals surface area contributed by atoms with Crippen molar-refractivity contribution in [2.24, 2.45) is 0 Å². The SMILES string of the molecule is CCN(CC(=O)Nc1ccccc1OC)Cc1nc2sc(-c3ccccc3)cc2c(=O)[nH]1. The van der Waals surface area contributed by atoms with Crippen molar-refractivity contribution in [3.05, 3.63) is 76.8 Å². The monoisotopic (exact) mass is 448 g/mol. The molecule has 2 aromatic heterocycles. The van der Waals surface area contributed by atoms with E-state index in [4.69, 9.17) is 4.74 Å². The Morgan fingerprint density at radius 1 is 1.16 bits per heavy atom. The highest BCUT2D eigenvalue weighted by atomic mass is 32.1. The van der Waals surface area contributed by atoms with Crippen molar-refractivity contribution < 1.29 is 9.53 Å². The molecule has 0 aliphatic carbocycles. The summed E-state index contributed by atoms with van der Waals surface area (Å²) >= 11 is 1.49. The zero-order valence-electron chi connectivity index (χ0n) is 17.9. The molecule has 0 spiro atoms. The first-order chi connectivity index (χ1) is 15.6. The van der Waals surface area contributed by atoms with Crippen LogP contribution in [0.2, 0.25) is 0 Å². The largest absolute Gasteiger partial charge is 0.495 e. The minimum absolute atomic E-state index is 0.163. The summed E-state index contributed by atoms with van der Waals surface area (Å²) in [5, 5.41) is 3.46. The molecule has 7 nitrogen and oxygen atoms in total. The molecular formula is C24H24N4O3S. The lowest BCUT2D eigenvalue weighted by atomic mass is 10.2. The van der Waals surface area contributed by atoms with E-state index >= 15 is 0 Å². The molecule has 0 radical (unpaired) electrons. The Labute approximate surface area is 189 Å². The smallest absolute Gasteiger partial charge is 0.259 e. The third kappa shape index (κ3) is 4.87. The van der Waals surface area contributed by atoms with E-state index in [9.17, 15) is 9.59 Å². The van der Waals surface area contributed by atoms with E-state index < -0.39 is 0 Å². The number of carbonyl (C=O) groups is 1. The van der Waals surface area contributed by atoms with Crippen LogP contribution in [-0.2, 0) is 11.3 Å². The van der Waals surface area contributed by atoms with E-state index in [0.29, 0.717) is 40.6 Å². The number of carbonyl (C=O) groups excluding carboxylic acids is 1.